The standard InChI is InChI=1S/C17H14BrNO/c1-2-12-6-3-4-9-15(12)17(20)16(11-19)13-7-5-8-14(18)10-13/h3-10,16H,2H2,1H3. The van der Waals surface area contributed by atoms with Crippen LogP contribution in [0.4, 0.5) is 0 Å². The second-order valence-electron chi connectivity index (χ2n) is 4.49. The van der Waals surface area contributed by atoms with E-state index in [1.54, 1.807) is 6.07 Å². The van der Waals surface area contributed by atoms with E-state index in [0.29, 0.717) is 5.56 Å². The number of aryl methyl sites for hydroxylation is 1. The van der Waals surface area contributed by atoms with Gasteiger partial charge >= 0.3 is 0 Å². The Labute approximate surface area is 127 Å². The van der Waals surface area contributed by atoms with Crippen molar-refractivity contribution in [3.63, 3.8) is 0 Å². The molecule has 0 aromatic heterocycles. The van der Waals surface area contributed by atoms with E-state index in [9.17, 15) is 10.1 Å². The molecular weight excluding hydrogens is 314 g/mol. The van der Waals surface area contributed by atoms with E-state index in [-0.39, 0.29) is 5.78 Å². The molecule has 2 rings (SSSR count). The molecule has 0 saturated carbocycles. The number of nitriles is 1. The van der Waals surface area contributed by atoms with E-state index >= 15 is 0 Å². The molecule has 0 amide bonds. The molecule has 0 spiro atoms. The SMILES string of the molecule is CCc1ccccc1C(=O)C(C#N)c1cccc(Br)c1. The third-order valence-electron chi connectivity index (χ3n) is 3.24. The van der Waals surface area contributed by atoms with E-state index in [0.717, 1.165) is 22.0 Å². The summed E-state index contributed by atoms with van der Waals surface area (Å²) in [6, 6.07) is 16.9. The minimum atomic E-state index is -0.764. The molecule has 0 aliphatic carbocycles. The van der Waals surface area contributed by atoms with E-state index in [4.69, 9.17) is 0 Å². The number of nitrogens with zero attached hydrogens (tertiary/aromatic N) is 1. The van der Waals surface area contributed by atoms with Crippen LogP contribution in [0.2, 0.25) is 0 Å². The Morgan fingerprint density at radius 2 is 2.00 bits per heavy atom. The smallest absolute Gasteiger partial charge is 0.184 e. The number of hydrogen-bond acceptors (Lipinski definition) is 2. The van der Waals surface area contributed by atoms with Gasteiger partial charge in [0, 0.05) is 10.0 Å². The molecular formula is C17H14BrNO. The van der Waals surface area contributed by atoms with Crippen molar-refractivity contribution in [2.45, 2.75) is 19.3 Å². The molecule has 20 heavy (non-hydrogen) atoms. The summed E-state index contributed by atoms with van der Waals surface area (Å²) in [6.45, 7) is 2.01. The average Bonchev–Trinajstić information content (AvgIpc) is 2.48. The predicted molar refractivity (Wildman–Crippen MR) is 82.6 cm³/mol. The topological polar surface area (TPSA) is 40.9 Å². The minimum Gasteiger partial charge on any atom is -0.292 e. The van der Waals surface area contributed by atoms with E-state index < -0.39 is 5.92 Å². The Kier molecular flexibility index (Phi) is 4.70. The van der Waals surface area contributed by atoms with Crippen molar-refractivity contribution in [3.05, 3.63) is 69.7 Å². The molecule has 0 N–H and O–H groups in total. The summed E-state index contributed by atoms with van der Waals surface area (Å²) in [4.78, 5) is 12.6. The lowest BCUT2D eigenvalue weighted by Gasteiger charge is -2.12. The van der Waals surface area contributed by atoms with Crippen molar-refractivity contribution >= 4 is 21.7 Å². The molecule has 0 saturated heterocycles. The van der Waals surface area contributed by atoms with Crippen molar-refractivity contribution in [1.82, 2.24) is 0 Å². The number of carbonyl (C=O) groups excluding carboxylic acids is 1. The Bertz CT molecular complexity index is 673. The quantitative estimate of drug-likeness (QED) is 0.775. The fourth-order valence-electron chi connectivity index (χ4n) is 2.20. The third kappa shape index (κ3) is 2.97. The zero-order chi connectivity index (χ0) is 14.5. The lowest BCUT2D eigenvalue weighted by atomic mass is 9.89. The molecule has 0 bridgehead atoms. The number of benzene rings is 2. The first-order valence-electron chi connectivity index (χ1n) is 6.44. The predicted octanol–water partition coefficient (Wildman–Crippen LogP) is 4.50. The van der Waals surface area contributed by atoms with Gasteiger partial charge in [0.15, 0.2) is 5.78 Å². The van der Waals surface area contributed by atoms with E-state index in [2.05, 4.69) is 22.0 Å². The van der Waals surface area contributed by atoms with Gasteiger partial charge in [0.1, 0.15) is 5.92 Å². The fourth-order valence-corrected chi connectivity index (χ4v) is 2.61. The van der Waals surface area contributed by atoms with Gasteiger partial charge in [-0.3, -0.25) is 4.79 Å². The van der Waals surface area contributed by atoms with Gasteiger partial charge in [-0.15, -0.1) is 0 Å². The number of carbonyl (C=O) groups is 1. The van der Waals surface area contributed by atoms with Gasteiger partial charge in [-0.1, -0.05) is 59.3 Å². The molecule has 3 heteroatoms. The van der Waals surface area contributed by atoms with E-state index in [1.165, 1.54) is 0 Å². The maximum atomic E-state index is 12.6. The monoisotopic (exact) mass is 327 g/mol. The van der Waals surface area contributed by atoms with Crippen molar-refractivity contribution in [2.75, 3.05) is 0 Å². The number of hydrogen-bond donors (Lipinski definition) is 0. The van der Waals surface area contributed by atoms with Crippen molar-refractivity contribution in [1.29, 1.82) is 5.26 Å². The first kappa shape index (κ1) is 14.5. The number of halogens is 1. The van der Waals surface area contributed by atoms with Crippen LogP contribution in [-0.2, 0) is 6.42 Å². The third-order valence-corrected chi connectivity index (χ3v) is 3.73. The Balaban J connectivity index is 2.42. The highest BCUT2D eigenvalue weighted by molar-refractivity contribution is 9.10. The first-order chi connectivity index (χ1) is 9.67. The zero-order valence-electron chi connectivity index (χ0n) is 11.1. The van der Waals surface area contributed by atoms with Crippen molar-refractivity contribution in [3.8, 4) is 6.07 Å². The summed E-state index contributed by atoms with van der Waals surface area (Å²) in [5.41, 5.74) is 2.34. The first-order valence-corrected chi connectivity index (χ1v) is 7.24. The highest BCUT2D eigenvalue weighted by Crippen LogP contribution is 2.25. The van der Waals surface area contributed by atoms with Crippen LogP contribution in [0.1, 0.15) is 34.3 Å². The maximum Gasteiger partial charge on any atom is 0.184 e. The molecule has 2 aromatic carbocycles. The van der Waals surface area contributed by atoms with Crippen LogP contribution in [-0.4, -0.2) is 5.78 Å². The molecule has 0 radical (unpaired) electrons. The highest BCUT2D eigenvalue weighted by Gasteiger charge is 2.23. The van der Waals surface area contributed by atoms with Gasteiger partial charge < -0.3 is 0 Å². The van der Waals surface area contributed by atoms with Crippen LogP contribution in [0.25, 0.3) is 0 Å². The highest BCUT2D eigenvalue weighted by atomic mass is 79.9. The summed E-state index contributed by atoms with van der Waals surface area (Å²) in [6.07, 6.45) is 0.776. The maximum absolute atomic E-state index is 12.6. The normalized spacial score (nSPS) is 11.7. The van der Waals surface area contributed by atoms with Gasteiger partial charge in [-0.2, -0.15) is 5.26 Å². The van der Waals surface area contributed by atoms with Crippen LogP contribution in [0.3, 0.4) is 0 Å². The summed E-state index contributed by atoms with van der Waals surface area (Å²) in [7, 11) is 0. The van der Waals surface area contributed by atoms with Crippen LogP contribution in [0.5, 0.6) is 0 Å². The number of ketones is 1. The Morgan fingerprint density at radius 1 is 1.25 bits per heavy atom. The number of rotatable bonds is 4. The molecule has 0 fully saturated rings. The van der Waals surface area contributed by atoms with Gasteiger partial charge in [-0.05, 0) is 29.7 Å². The molecule has 2 aromatic rings. The summed E-state index contributed by atoms with van der Waals surface area (Å²) >= 11 is 3.37. The van der Waals surface area contributed by atoms with Gasteiger partial charge in [0.25, 0.3) is 0 Å². The van der Waals surface area contributed by atoms with Crippen molar-refractivity contribution < 1.29 is 4.79 Å². The summed E-state index contributed by atoms with van der Waals surface area (Å²) < 4.78 is 0.867. The lowest BCUT2D eigenvalue weighted by molar-refractivity contribution is 0.0978. The second-order valence-corrected chi connectivity index (χ2v) is 5.41. The lowest BCUT2D eigenvalue weighted by Crippen LogP contribution is -2.13. The van der Waals surface area contributed by atoms with Crippen molar-refractivity contribution in [2.24, 2.45) is 0 Å². The van der Waals surface area contributed by atoms with Gasteiger partial charge in [-0.25, -0.2) is 0 Å². The van der Waals surface area contributed by atoms with Crippen LogP contribution in [0, 0.1) is 11.3 Å². The molecule has 1 atom stereocenters. The molecule has 0 heterocycles. The Hall–Kier alpha value is -1.92. The second kappa shape index (κ2) is 6.49. The molecule has 100 valence electrons. The summed E-state index contributed by atoms with van der Waals surface area (Å²) in [5, 5.41) is 9.38. The summed E-state index contributed by atoms with van der Waals surface area (Å²) in [5.74, 6) is -0.900. The molecule has 2 nitrogen and oxygen atoms in total. The fraction of sp³-hybridized carbons (Fsp3) is 0.176. The minimum absolute atomic E-state index is 0.136. The van der Waals surface area contributed by atoms with Crippen LogP contribution in [0.15, 0.2) is 53.0 Å². The van der Waals surface area contributed by atoms with Crippen LogP contribution >= 0.6 is 15.9 Å². The Morgan fingerprint density at radius 3 is 2.65 bits per heavy atom. The molecule has 1 unspecified atom stereocenters. The molecule has 0 aliphatic heterocycles. The van der Waals surface area contributed by atoms with E-state index in [1.807, 2.05) is 49.4 Å². The number of Topliss-reactive ketones (excluding diaryl/α,β-unsaturated/α-hetero) is 1. The zero-order valence-corrected chi connectivity index (χ0v) is 12.7. The average molecular weight is 328 g/mol. The van der Waals surface area contributed by atoms with Gasteiger partial charge in [0.05, 0.1) is 6.07 Å². The van der Waals surface area contributed by atoms with Crippen LogP contribution < -0.4 is 0 Å². The molecule has 0 aliphatic rings. The largest absolute Gasteiger partial charge is 0.292 e. The van der Waals surface area contributed by atoms with Gasteiger partial charge in [0.2, 0.25) is 0 Å².